The smallest absolute Gasteiger partial charge is 0.478 e. The third-order valence-corrected chi connectivity index (χ3v) is 9.22. The Morgan fingerprint density at radius 2 is 1.65 bits per heavy atom. The number of carboxylic acids is 1. The molecule has 3 fully saturated rings. The highest BCUT2D eigenvalue weighted by atomic mass is 19.4. The molecule has 1 saturated carbocycles. The molecule has 18 heteroatoms. The van der Waals surface area contributed by atoms with Crippen LogP contribution in [0.25, 0.3) is 11.1 Å². The van der Waals surface area contributed by atoms with Crippen molar-refractivity contribution in [3.63, 3.8) is 0 Å². The highest BCUT2D eigenvalue weighted by molar-refractivity contribution is 5.85. The number of carboxylic acid groups (broad SMARTS) is 1. The number of anilines is 1. The second kappa shape index (κ2) is 16.6. The standard InChI is InChI=1S/C34H41F3N6O4.C2HF3O2/c1-33(2,32(45)41-15-12-38-13-16-41)46-29-7-3-6-28(18-29)42-14-4-5-25(21-42)31(44)43(27-10-11-27)22-24-9-8-23(26-19-39-40-20-26)17-30(24)47-34(35,36)37;3-2(4,5)1(6)7/h3,6-9,17-20,25,27,38H,4-5,10-16,21-22H2,1-2H3,(H,39,40);(H,6,7). The van der Waals surface area contributed by atoms with E-state index in [0.29, 0.717) is 48.5 Å². The van der Waals surface area contributed by atoms with Crippen LogP contribution in [0.2, 0.25) is 0 Å². The summed E-state index contributed by atoms with van der Waals surface area (Å²) in [6.07, 6.45) is -3.75. The van der Waals surface area contributed by atoms with E-state index in [1.165, 1.54) is 12.3 Å². The highest BCUT2D eigenvalue weighted by Crippen LogP contribution is 2.37. The van der Waals surface area contributed by atoms with Gasteiger partial charge < -0.3 is 34.6 Å². The summed E-state index contributed by atoms with van der Waals surface area (Å²) in [7, 11) is 0. The van der Waals surface area contributed by atoms with Gasteiger partial charge in [0, 0.05) is 80.9 Å². The quantitative estimate of drug-likeness (QED) is 0.225. The molecule has 0 spiro atoms. The highest BCUT2D eigenvalue weighted by Gasteiger charge is 2.40. The van der Waals surface area contributed by atoms with Crippen molar-refractivity contribution < 1.29 is 55.3 Å². The summed E-state index contributed by atoms with van der Waals surface area (Å²) >= 11 is 0. The fraction of sp³-hybridized carbons (Fsp3) is 0.500. The zero-order chi connectivity index (χ0) is 39.3. The second-order valence-electron chi connectivity index (χ2n) is 13.8. The average molecular weight is 769 g/mol. The number of nitrogens with zero attached hydrogens (tertiary/aromatic N) is 4. The maximum Gasteiger partial charge on any atom is 0.573 e. The summed E-state index contributed by atoms with van der Waals surface area (Å²) < 4.78 is 82.8. The van der Waals surface area contributed by atoms with Gasteiger partial charge in [0.25, 0.3) is 5.91 Å². The van der Waals surface area contributed by atoms with Crippen LogP contribution in [0, 0.1) is 5.92 Å². The van der Waals surface area contributed by atoms with E-state index >= 15 is 0 Å². The molecule has 1 aromatic heterocycles. The fourth-order valence-corrected chi connectivity index (χ4v) is 6.43. The number of carbonyl (C=O) groups excluding carboxylic acids is 2. The van der Waals surface area contributed by atoms with Crippen LogP contribution in [0.1, 0.15) is 45.1 Å². The molecule has 1 unspecified atom stereocenters. The van der Waals surface area contributed by atoms with E-state index in [1.54, 1.807) is 37.1 Å². The van der Waals surface area contributed by atoms with Crippen molar-refractivity contribution in [1.29, 1.82) is 0 Å². The Balaban J connectivity index is 0.000000730. The van der Waals surface area contributed by atoms with Gasteiger partial charge in [0.2, 0.25) is 5.91 Å². The lowest BCUT2D eigenvalue weighted by Crippen LogP contribution is -2.54. The van der Waals surface area contributed by atoms with Gasteiger partial charge in [-0.2, -0.15) is 18.3 Å². The molecule has 2 aliphatic heterocycles. The molecule has 2 saturated heterocycles. The number of aromatic nitrogens is 2. The maximum atomic E-state index is 14.0. The number of H-pyrrole nitrogens is 1. The number of halogens is 6. The summed E-state index contributed by atoms with van der Waals surface area (Å²) in [5.41, 5.74) is 1.29. The Kier molecular flexibility index (Phi) is 12.3. The number of piperidine rings is 1. The van der Waals surface area contributed by atoms with Crippen LogP contribution < -0.4 is 19.7 Å². The number of amides is 2. The third kappa shape index (κ3) is 10.8. The molecule has 2 amide bonds. The van der Waals surface area contributed by atoms with E-state index in [0.717, 1.165) is 44.6 Å². The molecule has 1 aliphatic carbocycles. The SMILES string of the molecule is CC(C)(Oc1cccc(N2CCCC(C(=O)N(Cc3ccc(-c4cn[nH]c4)cc3OC(F)(F)F)C3CC3)C2)c1)C(=O)N1CCNCC1.O=C(O)C(F)(F)F. The normalized spacial score (nSPS) is 18.0. The van der Waals surface area contributed by atoms with Crippen LogP contribution in [0.15, 0.2) is 54.9 Å². The number of nitrogens with one attached hydrogen (secondary N) is 2. The number of aliphatic carboxylic acids is 1. The lowest BCUT2D eigenvalue weighted by atomic mass is 9.95. The van der Waals surface area contributed by atoms with E-state index < -0.39 is 24.1 Å². The van der Waals surface area contributed by atoms with Crippen LogP contribution in [-0.2, 0) is 20.9 Å². The van der Waals surface area contributed by atoms with Gasteiger partial charge in [-0.15, -0.1) is 13.2 Å². The molecule has 54 heavy (non-hydrogen) atoms. The molecule has 12 nitrogen and oxygen atoms in total. The van der Waals surface area contributed by atoms with E-state index in [2.05, 4.69) is 25.2 Å². The van der Waals surface area contributed by atoms with Crippen LogP contribution in [-0.4, -0.2) is 106 Å². The number of carbonyl (C=O) groups is 3. The molecule has 3 aliphatic rings. The number of benzene rings is 2. The minimum absolute atomic E-state index is 0.0163. The van der Waals surface area contributed by atoms with Crippen LogP contribution >= 0.6 is 0 Å². The number of hydrogen-bond donors (Lipinski definition) is 3. The van der Waals surface area contributed by atoms with E-state index in [4.69, 9.17) is 14.6 Å². The lowest BCUT2D eigenvalue weighted by Gasteiger charge is -2.37. The summed E-state index contributed by atoms with van der Waals surface area (Å²) in [4.78, 5) is 41.8. The van der Waals surface area contributed by atoms with Gasteiger partial charge >= 0.3 is 18.5 Å². The Morgan fingerprint density at radius 3 is 2.26 bits per heavy atom. The van der Waals surface area contributed by atoms with E-state index in [9.17, 15) is 35.9 Å². The molecule has 1 atom stereocenters. The maximum absolute atomic E-state index is 14.0. The number of ether oxygens (including phenoxy) is 2. The number of piperazine rings is 1. The minimum Gasteiger partial charge on any atom is -0.478 e. The average Bonchev–Trinajstić information content (AvgIpc) is 3.81. The molecule has 0 bridgehead atoms. The zero-order valence-corrected chi connectivity index (χ0v) is 29.7. The monoisotopic (exact) mass is 768 g/mol. The molecule has 6 rings (SSSR count). The van der Waals surface area contributed by atoms with Crippen molar-refractivity contribution in [2.75, 3.05) is 44.2 Å². The number of aromatic amines is 1. The largest absolute Gasteiger partial charge is 0.573 e. The summed E-state index contributed by atoms with van der Waals surface area (Å²) in [5.74, 6) is -2.96. The van der Waals surface area contributed by atoms with Gasteiger partial charge in [0.05, 0.1) is 12.1 Å². The van der Waals surface area contributed by atoms with Gasteiger partial charge in [-0.1, -0.05) is 18.2 Å². The van der Waals surface area contributed by atoms with Crippen molar-refractivity contribution in [1.82, 2.24) is 25.3 Å². The number of rotatable bonds is 10. The predicted molar refractivity (Wildman–Crippen MR) is 184 cm³/mol. The number of hydrogen-bond acceptors (Lipinski definition) is 8. The molecule has 3 heterocycles. The van der Waals surface area contributed by atoms with Gasteiger partial charge in [0.1, 0.15) is 11.5 Å². The first-order valence-corrected chi connectivity index (χ1v) is 17.4. The predicted octanol–water partition coefficient (Wildman–Crippen LogP) is 5.61. The first-order valence-electron chi connectivity index (χ1n) is 17.4. The van der Waals surface area contributed by atoms with Crippen LogP contribution in [0.4, 0.5) is 32.0 Å². The van der Waals surface area contributed by atoms with Crippen molar-refractivity contribution in [2.24, 2.45) is 5.92 Å². The molecular weight excluding hydrogens is 726 g/mol. The van der Waals surface area contributed by atoms with Crippen LogP contribution in [0.3, 0.4) is 0 Å². The fourth-order valence-electron chi connectivity index (χ4n) is 6.43. The topological polar surface area (TPSA) is 140 Å². The Morgan fingerprint density at radius 1 is 0.944 bits per heavy atom. The molecule has 0 radical (unpaired) electrons. The first-order chi connectivity index (χ1) is 25.4. The number of alkyl halides is 6. The summed E-state index contributed by atoms with van der Waals surface area (Å²) in [6.45, 7) is 7.59. The first kappa shape index (κ1) is 40.2. The Labute approximate surface area is 307 Å². The van der Waals surface area contributed by atoms with Gasteiger partial charge in [-0.05, 0) is 63.3 Å². The van der Waals surface area contributed by atoms with Gasteiger partial charge in [-0.25, -0.2) is 4.79 Å². The molecule has 2 aromatic carbocycles. The third-order valence-electron chi connectivity index (χ3n) is 9.22. The zero-order valence-electron chi connectivity index (χ0n) is 29.7. The van der Waals surface area contributed by atoms with Crippen LogP contribution in [0.5, 0.6) is 11.5 Å². The Bertz CT molecular complexity index is 1760. The lowest BCUT2D eigenvalue weighted by molar-refractivity contribution is -0.275. The molecule has 3 N–H and O–H groups in total. The minimum atomic E-state index is -5.08. The summed E-state index contributed by atoms with van der Waals surface area (Å²) in [5, 5.41) is 16.9. The second-order valence-corrected chi connectivity index (χ2v) is 13.8. The van der Waals surface area contributed by atoms with E-state index in [-0.39, 0.29) is 36.1 Å². The van der Waals surface area contributed by atoms with Crippen molar-refractivity contribution in [3.8, 4) is 22.6 Å². The van der Waals surface area contributed by atoms with Crippen molar-refractivity contribution >= 4 is 23.5 Å². The molecule has 3 aromatic rings. The summed E-state index contributed by atoms with van der Waals surface area (Å²) in [6, 6.07) is 12.2. The van der Waals surface area contributed by atoms with E-state index in [1.807, 2.05) is 29.2 Å². The van der Waals surface area contributed by atoms with Crippen molar-refractivity contribution in [2.45, 2.75) is 70.3 Å². The van der Waals surface area contributed by atoms with Gasteiger partial charge in [0.15, 0.2) is 5.60 Å². The molecule has 294 valence electrons. The van der Waals surface area contributed by atoms with Gasteiger partial charge in [-0.3, -0.25) is 14.7 Å². The Hall–Kier alpha value is -5.00. The van der Waals surface area contributed by atoms with Crippen molar-refractivity contribution in [3.05, 3.63) is 60.4 Å². The molecular formula is C36H42F6N6O6.